The minimum absolute atomic E-state index is 0.234. The van der Waals surface area contributed by atoms with Gasteiger partial charge in [-0.3, -0.25) is 9.59 Å². The van der Waals surface area contributed by atoms with Crippen molar-refractivity contribution in [2.75, 3.05) is 11.9 Å². The van der Waals surface area contributed by atoms with E-state index in [1.165, 1.54) is 0 Å². The molecular formula is C14H18INO3. The molecule has 0 saturated heterocycles. The van der Waals surface area contributed by atoms with Gasteiger partial charge in [0, 0.05) is 9.99 Å². The van der Waals surface area contributed by atoms with Crippen molar-refractivity contribution >= 4 is 40.2 Å². The van der Waals surface area contributed by atoms with Crippen LogP contribution in [0, 0.1) is 9.49 Å². The Kier molecular flexibility index (Phi) is 6.83. The van der Waals surface area contributed by atoms with E-state index in [0.717, 1.165) is 15.7 Å². The molecule has 19 heavy (non-hydrogen) atoms. The van der Waals surface area contributed by atoms with Gasteiger partial charge in [0.2, 0.25) is 0 Å². The van der Waals surface area contributed by atoms with Crippen LogP contribution in [0.3, 0.4) is 0 Å². The number of hydrogen-bond acceptors (Lipinski definition) is 3. The predicted octanol–water partition coefficient (Wildman–Crippen LogP) is 3.21. The molecule has 0 spiro atoms. The molecule has 0 aliphatic heterocycles. The maximum atomic E-state index is 11.6. The van der Waals surface area contributed by atoms with Crippen molar-refractivity contribution in [3.05, 3.63) is 27.8 Å². The Balaban J connectivity index is 2.32. The van der Waals surface area contributed by atoms with Crippen LogP contribution in [-0.4, -0.2) is 18.5 Å². The Morgan fingerprint density at radius 2 is 2.00 bits per heavy atom. The van der Waals surface area contributed by atoms with Gasteiger partial charge < -0.3 is 10.1 Å². The summed E-state index contributed by atoms with van der Waals surface area (Å²) in [6.45, 7) is 3.84. The van der Waals surface area contributed by atoms with E-state index in [9.17, 15) is 9.59 Å². The van der Waals surface area contributed by atoms with E-state index in [-0.39, 0.29) is 18.5 Å². The van der Waals surface area contributed by atoms with Gasteiger partial charge in [-0.2, -0.15) is 0 Å². The van der Waals surface area contributed by atoms with Crippen LogP contribution < -0.4 is 5.32 Å². The van der Waals surface area contributed by atoms with E-state index in [0.29, 0.717) is 12.3 Å². The van der Waals surface area contributed by atoms with Crippen molar-refractivity contribution < 1.29 is 14.3 Å². The average molecular weight is 375 g/mol. The van der Waals surface area contributed by atoms with Gasteiger partial charge in [0.1, 0.15) is 0 Å². The standard InChI is InChI=1S/C14H18INO3/c1-10(2)7-8-14(18)19-9-13(17)16-12-6-4-3-5-11(12)15/h3-6,10H,7-9H2,1-2H3,(H,16,17). The normalized spacial score (nSPS) is 10.3. The third-order valence-electron chi connectivity index (χ3n) is 2.44. The van der Waals surface area contributed by atoms with Gasteiger partial charge in [-0.05, 0) is 47.1 Å². The Bertz CT molecular complexity index is 446. The fourth-order valence-corrected chi connectivity index (χ4v) is 1.90. The zero-order valence-corrected chi connectivity index (χ0v) is 13.3. The van der Waals surface area contributed by atoms with E-state index >= 15 is 0 Å². The fourth-order valence-electron chi connectivity index (χ4n) is 1.37. The first-order chi connectivity index (χ1) is 8.99. The molecule has 1 aromatic carbocycles. The lowest BCUT2D eigenvalue weighted by molar-refractivity contribution is -0.147. The summed E-state index contributed by atoms with van der Waals surface area (Å²) >= 11 is 2.13. The summed E-state index contributed by atoms with van der Waals surface area (Å²) in [6.07, 6.45) is 1.13. The first-order valence-electron chi connectivity index (χ1n) is 6.19. The van der Waals surface area contributed by atoms with Crippen molar-refractivity contribution in [2.24, 2.45) is 5.92 Å². The second kappa shape index (κ2) is 8.14. The van der Waals surface area contributed by atoms with Crippen LogP contribution >= 0.6 is 22.6 Å². The summed E-state index contributed by atoms with van der Waals surface area (Å²) in [6, 6.07) is 7.43. The Hall–Kier alpha value is -1.11. The third-order valence-corrected chi connectivity index (χ3v) is 3.38. The minimum atomic E-state index is -0.327. The maximum absolute atomic E-state index is 11.6. The molecule has 0 heterocycles. The van der Waals surface area contributed by atoms with Crippen LogP contribution in [0.2, 0.25) is 0 Å². The van der Waals surface area contributed by atoms with Crippen LogP contribution in [0.1, 0.15) is 26.7 Å². The maximum Gasteiger partial charge on any atom is 0.306 e. The van der Waals surface area contributed by atoms with Gasteiger partial charge in [-0.15, -0.1) is 0 Å². The van der Waals surface area contributed by atoms with E-state index in [1.54, 1.807) is 6.07 Å². The summed E-state index contributed by atoms with van der Waals surface area (Å²) < 4.78 is 5.86. The number of anilines is 1. The number of carbonyl (C=O) groups is 2. The van der Waals surface area contributed by atoms with Crippen molar-refractivity contribution in [1.29, 1.82) is 0 Å². The summed E-state index contributed by atoms with van der Waals surface area (Å²) in [5.41, 5.74) is 0.728. The molecule has 0 saturated carbocycles. The molecule has 104 valence electrons. The molecule has 0 aliphatic carbocycles. The summed E-state index contributed by atoms with van der Waals surface area (Å²) in [5.74, 6) is -0.194. The van der Waals surface area contributed by atoms with Gasteiger partial charge in [-0.25, -0.2) is 0 Å². The quantitative estimate of drug-likeness (QED) is 0.614. The zero-order valence-electron chi connectivity index (χ0n) is 11.1. The Morgan fingerprint density at radius 3 is 2.63 bits per heavy atom. The molecule has 0 unspecified atom stereocenters. The minimum Gasteiger partial charge on any atom is -0.456 e. The Labute approximate surface area is 127 Å². The number of esters is 1. The zero-order chi connectivity index (χ0) is 14.3. The summed E-state index contributed by atoms with van der Waals surface area (Å²) in [5, 5.41) is 2.71. The van der Waals surface area contributed by atoms with Crippen LogP contribution in [0.15, 0.2) is 24.3 Å². The first kappa shape index (κ1) is 15.9. The molecule has 0 fully saturated rings. The smallest absolute Gasteiger partial charge is 0.306 e. The highest BCUT2D eigenvalue weighted by molar-refractivity contribution is 14.1. The van der Waals surface area contributed by atoms with Gasteiger partial charge in [0.05, 0.1) is 5.69 Å². The number of hydrogen-bond donors (Lipinski definition) is 1. The molecule has 1 amide bonds. The average Bonchev–Trinajstić information content (AvgIpc) is 2.36. The van der Waals surface area contributed by atoms with Gasteiger partial charge in [0.25, 0.3) is 5.91 Å². The number of para-hydroxylation sites is 1. The van der Waals surface area contributed by atoms with Gasteiger partial charge in [-0.1, -0.05) is 26.0 Å². The fraction of sp³-hybridized carbons (Fsp3) is 0.429. The highest BCUT2D eigenvalue weighted by atomic mass is 127. The Morgan fingerprint density at radius 1 is 1.32 bits per heavy atom. The lowest BCUT2D eigenvalue weighted by Gasteiger charge is -2.08. The topological polar surface area (TPSA) is 55.4 Å². The molecule has 1 rings (SSSR count). The third kappa shape index (κ3) is 6.56. The highest BCUT2D eigenvalue weighted by Gasteiger charge is 2.09. The predicted molar refractivity (Wildman–Crippen MR) is 82.8 cm³/mol. The molecule has 0 bridgehead atoms. The number of rotatable bonds is 6. The highest BCUT2D eigenvalue weighted by Crippen LogP contribution is 2.16. The van der Waals surface area contributed by atoms with E-state index in [1.807, 2.05) is 32.0 Å². The molecule has 1 N–H and O–H groups in total. The number of amides is 1. The number of nitrogens with one attached hydrogen (secondary N) is 1. The number of halogens is 1. The number of benzene rings is 1. The molecular weight excluding hydrogens is 357 g/mol. The van der Waals surface area contributed by atoms with Crippen LogP contribution in [0.5, 0.6) is 0 Å². The molecule has 4 nitrogen and oxygen atoms in total. The second-order valence-corrected chi connectivity index (χ2v) is 5.78. The van der Waals surface area contributed by atoms with E-state index < -0.39 is 0 Å². The molecule has 5 heteroatoms. The van der Waals surface area contributed by atoms with Gasteiger partial charge >= 0.3 is 5.97 Å². The summed E-state index contributed by atoms with van der Waals surface area (Å²) in [4.78, 5) is 23.0. The van der Waals surface area contributed by atoms with E-state index in [2.05, 4.69) is 27.9 Å². The monoisotopic (exact) mass is 375 g/mol. The van der Waals surface area contributed by atoms with Crippen LogP contribution in [-0.2, 0) is 14.3 Å². The SMILES string of the molecule is CC(C)CCC(=O)OCC(=O)Nc1ccccc1I. The summed E-state index contributed by atoms with van der Waals surface area (Å²) in [7, 11) is 0. The molecule has 0 aliphatic rings. The van der Waals surface area contributed by atoms with Crippen LogP contribution in [0.25, 0.3) is 0 Å². The van der Waals surface area contributed by atoms with Gasteiger partial charge in [0.15, 0.2) is 6.61 Å². The lowest BCUT2D eigenvalue weighted by Crippen LogP contribution is -2.21. The molecule has 0 aromatic heterocycles. The molecule has 0 radical (unpaired) electrons. The number of carbonyl (C=O) groups excluding carboxylic acids is 2. The van der Waals surface area contributed by atoms with Crippen LogP contribution in [0.4, 0.5) is 5.69 Å². The van der Waals surface area contributed by atoms with Crippen molar-refractivity contribution in [2.45, 2.75) is 26.7 Å². The second-order valence-electron chi connectivity index (χ2n) is 4.62. The molecule has 0 atom stereocenters. The van der Waals surface area contributed by atoms with E-state index in [4.69, 9.17) is 4.74 Å². The number of ether oxygens (including phenoxy) is 1. The van der Waals surface area contributed by atoms with Crippen molar-refractivity contribution in [1.82, 2.24) is 0 Å². The van der Waals surface area contributed by atoms with Crippen molar-refractivity contribution in [3.63, 3.8) is 0 Å². The first-order valence-corrected chi connectivity index (χ1v) is 7.27. The largest absolute Gasteiger partial charge is 0.456 e. The molecule has 1 aromatic rings. The van der Waals surface area contributed by atoms with Crippen molar-refractivity contribution in [3.8, 4) is 0 Å². The lowest BCUT2D eigenvalue weighted by atomic mass is 10.1.